The smallest absolute Gasteiger partial charge is 0.241 e. The van der Waals surface area contributed by atoms with Crippen molar-refractivity contribution in [1.29, 1.82) is 0 Å². The van der Waals surface area contributed by atoms with Crippen molar-refractivity contribution >= 4 is 26.0 Å². The molecule has 102 valence electrons. The molecule has 2 N–H and O–H groups in total. The minimum Gasteiger partial charge on any atom is -0.492 e. The highest BCUT2D eigenvalue weighted by atomic mass is 79.9. The van der Waals surface area contributed by atoms with Crippen LogP contribution in [0.15, 0.2) is 21.5 Å². The maximum Gasteiger partial charge on any atom is 0.241 e. The van der Waals surface area contributed by atoms with Crippen LogP contribution in [0, 0.1) is 5.82 Å². The summed E-state index contributed by atoms with van der Waals surface area (Å²) in [5.74, 6) is -0.637. The molecular formula is C11H15BrFNO3S. The Morgan fingerprint density at radius 1 is 1.39 bits per heavy atom. The third-order valence-corrected chi connectivity index (χ3v) is 3.84. The Morgan fingerprint density at radius 3 is 2.61 bits per heavy atom. The zero-order valence-corrected chi connectivity index (χ0v) is 12.4. The van der Waals surface area contributed by atoms with Crippen molar-refractivity contribution in [1.82, 2.24) is 0 Å². The van der Waals surface area contributed by atoms with Crippen LogP contribution in [0.25, 0.3) is 0 Å². The molecule has 0 bridgehead atoms. The molecule has 0 radical (unpaired) electrons. The number of primary sulfonamides is 1. The molecule has 18 heavy (non-hydrogen) atoms. The van der Waals surface area contributed by atoms with Crippen LogP contribution in [0.4, 0.5) is 4.39 Å². The maximum atomic E-state index is 13.5. The highest BCUT2D eigenvalue weighted by Gasteiger charge is 2.17. The van der Waals surface area contributed by atoms with Gasteiger partial charge in [-0.2, -0.15) is 0 Å². The van der Waals surface area contributed by atoms with Gasteiger partial charge < -0.3 is 4.74 Å². The average Bonchev–Trinajstić information content (AvgIpc) is 2.27. The van der Waals surface area contributed by atoms with Gasteiger partial charge in [-0.1, -0.05) is 19.8 Å². The number of ether oxygens (including phenoxy) is 1. The van der Waals surface area contributed by atoms with Crippen molar-refractivity contribution in [2.75, 3.05) is 6.61 Å². The van der Waals surface area contributed by atoms with Gasteiger partial charge in [0.05, 0.1) is 11.1 Å². The molecule has 0 aliphatic heterocycles. The monoisotopic (exact) mass is 339 g/mol. The van der Waals surface area contributed by atoms with Crippen LogP contribution < -0.4 is 9.88 Å². The van der Waals surface area contributed by atoms with Crippen molar-refractivity contribution in [3.8, 4) is 5.75 Å². The summed E-state index contributed by atoms with van der Waals surface area (Å²) in [6.07, 6.45) is 2.94. The summed E-state index contributed by atoms with van der Waals surface area (Å²) in [7, 11) is -4.06. The SMILES string of the molecule is CCCCCOc1cc(F)c(S(N)(=O)=O)cc1Br. The largest absolute Gasteiger partial charge is 0.492 e. The van der Waals surface area contributed by atoms with Crippen LogP contribution in [-0.4, -0.2) is 15.0 Å². The molecule has 1 rings (SSSR count). The van der Waals surface area contributed by atoms with Crippen LogP contribution in [0.3, 0.4) is 0 Å². The molecule has 0 aliphatic carbocycles. The molecular weight excluding hydrogens is 325 g/mol. The fourth-order valence-electron chi connectivity index (χ4n) is 1.37. The van der Waals surface area contributed by atoms with E-state index in [9.17, 15) is 12.8 Å². The van der Waals surface area contributed by atoms with Gasteiger partial charge in [0.15, 0.2) is 0 Å². The van der Waals surface area contributed by atoms with E-state index in [0.717, 1.165) is 31.4 Å². The third-order valence-electron chi connectivity index (χ3n) is 2.30. The number of hydrogen-bond acceptors (Lipinski definition) is 3. The number of rotatable bonds is 6. The lowest BCUT2D eigenvalue weighted by molar-refractivity contribution is 0.302. The summed E-state index contributed by atoms with van der Waals surface area (Å²) >= 11 is 3.13. The second-order valence-corrected chi connectivity index (χ2v) is 6.20. The molecule has 0 aromatic heterocycles. The number of hydrogen-bond donors (Lipinski definition) is 1. The minimum absolute atomic E-state index is 0.274. The van der Waals surface area contributed by atoms with Gasteiger partial charge in [0.2, 0.25) is 10.0 Å². The van der Waals surface area contributed by atoms with Gasteiger partial charge in [0.1, 0.15) is 16.5 Å². The lowest BCUT2D eigenvalue weighted by atomic mass is 10.3. The van der Waals surface area contributed by atoms with E-state index in [0.29, 0.717) is 11.1 Å². The fraction of sp³-hybridized carbons (Fsp3) is 0.455. The summed E-state index contributed by atoms with van der Waals surface area (Å²) in [6.45, 7) is 2.52. The van der Waals surface area contributed by atoms with Gasteiger partial charge in [-0.15, -0.1) is 0 Å². The first kappa shape index (κ1) is 15.4. The summed E-state index contributed by atoms with van der Waals surface area (Å²) in [5, 5.41) is 4.89. The van der Waals surface area contributed by atoms with Crippen molar-refractivity contribution in [3.05, 3.63) is 22.4 Å². The van der Waals surface area contributed by atoms with Crippen molar-refractivity contribution in [2.45, 2.75) is 31.1 Å². The predicted octanol–water partition coefficient (Wildman–Crippen LogP) is 2.80. The lowest BCUT2D eigenvalue weighted by Crippen LogP contribution is -2.14. The van der Waals surface area contributed by atoms with E-state index in [1.807, 2.05) is 0 Å². The summed E-state index contributed by atoms with van der Waals surface area (Å²) < 4.78 is 41.5. The molecule has 0 aliphatic rings. The molecule has 0 atom stereocenters. The van der Waals surface area contributed by atoms with Gasteiger partial charge in [-0.25, -0.2) is 17.9 Å². The Kier molecular flexibility index (Phi) is 5.55. The zero-order chi connectivity index (χ0) is 13.8. The van der Waals surface area contributed by atoms with Gasteiger partial charge in [0.25, 0.3) is 0 Å². The maximum absolute atomic E-state index is 13.5. The van der Waals surface area contributed by atoms with Crippen LogP contribution >= 0.6 is 15.9 Å². The molecule has 1 aromatic carbocycles. The highest BCUT2D eigenvalue weighted by molar-refractivity contribution is 9.10. The first-order valence-electron chi connectivity index (χ1n) is 5.51. The van der Waals surface area contributed by atoms with Crippen LogP contribution in [0.2, 0.25) is 0 Å². The Balaban J connectivity index is 2.87. The van der Waals surface area contributed by atoms with E-state index >= 15 is 0 Å². The number of halogens is 2. The summed E-state index contributed by atoms with van der Waals surface area (Å²) in [5.41, 5.74) is 0. The van der Waals surface area contributed by atoms with Crippen molar-refractivity contribution in [2.24, 2.45) is 5.14 Å². The first-order chi connectivity index (χ1) is 8.36. The molecule has 4 nitrogen and oxygen atoms in total. The molecule has 1 aromatic rings. The van der Waals surface area contributed by atoms with Gasteiger partial charge >= 0.3 is 0 Å². The fourth-order valence-corrected chi connectivity index (χ4v) is 2.60. The van der Waals surface area contributed by atoms with E-state index in [1.54, 1.807) is 0 Å². The van der Waals surface area contributed by atoms with E-state index < -0.39 is 20.7 Å². The van der Waals surface area contributed by atoms with Gasteiger partial charge in [0, 0.05) is 6.07 Å². The van der Waals surface area contributed by atoms with E-state index in [1.165, 1.54) is 0 Å². The molecule has 0 unspecified atom stereocenters. The van der Waals surface area contributed by atoms with Gasteiger partial charge in [-0.3, -0.25) is 0 Å². The Hall–Kier alpha value is -0.660. The van der Waals surface area contributed by atoms with Gasteiger partial charge in [-0.05, 0) is 28.4 Å². The van der Waals surface area contributed by atoms with E-state index in [2.05, 4.69) is 22.9 Å². The summed E-state index contributed by atoms with van der Waals surface area (Å²) in [6, 6.07) is 2.13. The Morgan fingerprint density at radius 2 is 2.06 bits per heavy atom. The topological polar surface area (TPSA) is 69.4 Å². The molecule has 0 amide bonds. The zero-order valence-electron chi connectivity index (χ0n) is 9.95. The Labute approximate surface area is 115 Å². The quantitative estimate of drug-likeness (QED) is 0.810. The second-order valence-electron chi connectivity index (χ2n) is 3.81. The minimum atomic E-state index is -4.06. The standard InChI is InChI=1S/C11H15BrFNO3S/c1-2-3-4-5-17-10-7-9(13)11(6-8(10)12)18(14,15)16/h6-7H,2-5H2,1H3,(H2,14,15,16). The molecule has 0 saturated carbocycles. The van der Waals surface area contributed by atoms with Crippen LogP contribution in [0.1, 0.15) is 26.2 Å². The molecule has 0 spiro atoms. The van der Waals surface area contributed by atoms with Crippen LogP contribution in [0.5, 0.6) is 5.75 Å². The van der Waals surface area contributed by atoms with Crippen LogP contribution in [-0.2, 0) is 10.0 Å². The van der Waals surface area contributed by atoms with Crippen molar-refractivity contribution < 1.29 is 17.5 Å². The average molecular weight is 340 g/mol. The van der Waals surface area contributed by atoms with E-state index in [4.69, 9.17) is 9.88 Å². The molecule has 0 fully saturated rings. The molecule has 0 heterocycles. The molecule has 7 heteroatoms. The highest BCUT2D eigenvalue weighted by Crippen LogP contribution is 2.30. The number of sulfonamides is 1. The third kappa shape index (κ3) is 4.22. The van der Waals surface area contributed by atoms with Crippen molar-refractivity contribution in [3.63, 3.8) is 0 Å². The van der Waals surface area contributed by atoms with E-state index in [-0.39, 0.29) is 5.75 Å². The first-order valence-corrected chi connectivity index (χ1v) is 7.85. The molecule has 0 saturated heterocycles. The summed E-state index contributed by atoms with van der Waals surface area (Å²) in [4.78, 5) is -0.546. The number of unbranched alkanes of at least 4 members (excludes halogenated alkanes) is 2. The predicted molar refractivity (Wildman–Crippen MR) is 70.5 cm³/mol. The lowest BCUT2D eigenvalue weighted by Gasteiger charge is -2.09. The normalized spacial score (nSPS) is 11.6. The number of benzene rings is 1. The second kappa shape index (κ2) is 6.49. The Bertz CT molecular complexity index is 519. The number of nitrogens with two attached hydrogens (primary N) is 1.